The quantitative estimate of drug-likeness (QED) is 0.338. The Balaban J connectivity index is 1.89. The fraction of sp³-hybridized carbons (Fsp3) is 0.0345. The predicted molar refractivity (Wildman–Crippen MR) is 132 cm³/mol. The van der Waals surface area contributed by atoms with E-state index >= 15 is 0 Å². The van der Waals surface area contributed by atoms with Gasteiger partial charge in [-0.1, -0.05) is 6.07 Å². The van der Waals surface area contributed by atoms with Crippen molar-refractivity contribution in [3.63, 3.8) is 0 Å². The highest BCUT2D eigenvalue weighted by Crippen LogP contribution is 2.38. The van der Waals surface area contributed by atoms with E-state index in [4.69, 9.17) is 4.74 Å². The minimum atomic E-state index is 0.441. The van der Waals surface area contributed by atoms with Crippen molar-refractivity contribution in [3.05, 3.63) is 95.1 Å². The van der Waals surface area contributed by atoms with E-state index < -0.39 is 0 Å². The molecule has 0 aliphatic heterocycles. The van der Waals surface area contributed by atoms with Gasteiger partial charge in [-0.05, 0) is 72.3 Å². The average molecular weight is 449 g/mol. The van der Waals surface area contributed by atoms with Gasteiger partial charge >= 0.3 is 0 Å². The van der Waals surface area contributed by atoms with E-state index in [1.165, 1.54) is 0 Å². The molecule has 0 unspecified atom stereocenters. The number of rotatable bonds is 3. The maximum Gasteiger partial charge on any atom is 0.119 e. The Labute approximate surface area is 201 Å². The normalized spacial score (nSPS) is 10.3. The number of hydrogen-bond donors (Lipinski definition) is 0. The van der Waals surface area contributed by atoms with Crippen molar-refractivity contribution in [2.75, 3.05) is 7.11 Å². The third-order valence-corrected chi connectivity index (χ3v) is 6.04. The minimum Gasteiger partial charge on any atom is -0.497 e. The van der Waals surface area contributed by atoms with Gasteiger partial charge in [0.15, 0.2) is 0 Å². The molecule has 1 heterocycles. The van der Waals surface area contributed by atoms with Gasteiger partial charge in [0.25, 0.3) is 0 Å². The lowest BCUT2D eigenvalue weighted by Gasteiger charge is -2.11. The molecule has 0 atom stereocenters. The van der Waals surface area contributed by atoms with Crippen LogP contribution < -0.4 is 4.74 Å². The second-order valence-electron chi connectivity index (χ2n) is 7.89. The molecule has 0 spiro atoms. The van der Waals surface area contributed by atoms with Crippen LogP contribution in [-0.2, 0) is 0 Å². The van der Waals surface area contributed by atoms with Crippen LogP contribution in [-0.4, -0.2) is 11.7 Å². The van der Waals surface area contributed by atoms with E-state index in [9.17, 15) is 21.0 Å². The van der Waals surface area contributed by atoms with Crippen LogP contribution in [0.3, 0.4) is 0 Å². The van der Waals surface area contributed by atoms with Crippen molar-refractivity contribution in [3.8, 4) is 46.8 Å². The molecule has 0 aliphatic carbocycles. The Kier molecular flexibility index (Phi) is 5.12. The van der Waals surface area contributed by atoms with E-state index in [-0.39, 0.29) is 0 Å². The third kappa shape index (κ3) is 3.40. The van der Waals surface area contributed by atoms with Gasteiger partial charge in [0, 0.05) is 16.3 Å². The molecule has 0 saturated heterocycles. The van der Waals surface area contributed by atoms with Gasteiger partial charge < -0.3 is 9.30 Å². The Morgan fingerprint density at radius 3 is 1.91 bits per heavy atom. The number of methoxy groups -OCH3 is 1. The highest BCUT2D eigenvalue weighted by Gasteiger charge is 2.18. The Bertz CT molecular complexity index is 1830. The van der Waals surface area contributed by atoms with Crippen LogP contribution in [0.5, 0.6) is 5.75 Å². The fourth-order valence-corrected chi connectivity index (χ4v) is 4.39. The topological polar surface area (TPSA) is 109 Å². The lowest BCUT2D eigenvalue weighted by atomic mass is 9.96. The second kappa shape index (κ2) is 8.42. The largest absolute Gasteiger partial charge is 0.497 e. The summed E-state index contributed by atoms with van der Waals surface area (Å²) < 4.78 is 7.43. The number of aromatic nitrogens is 1. The zero-order chi connectivity index (χ0) is 24.5. The van der Waals surface area contributed by atoms with E-state index in [1.807, 2.05) is 41.0 Å². The highest BCUT2D eigenvalue weighted by atomic mass is 16.5. The second-order valence-corrected chi connectivity index (χ2v) is 7.89. The van der Waals surface area contributed by atoms with Gasteiger partial charge in [0.05, 0.1) is 64.3 Å². The van der Waals surface area contributed by atoms with Crippen molar-refractivity contribution < 1.29 is 4.74 Å². The summed E-state index contributed by atoms with van der Waals surface area (Å²) >= 11 is 0. The number of benzene rings is 4. The first-order chi connectivity index (χ1) is 17.1. The molecule has 0 N–H and O–H groups in total. The molecule has 162 valence electrons. The summed E-state index contributed by atoms with van der Waals surface area (Å²) in [6, 6.07) is 30.2. The van der Waals surface area contributed by atoms with Crippen molar-refractivity contribution in [2.45, 2.75) is 0 Å². The van der Waals surface area contributed by atoms with Crippen LogP contribution in [0.2, 0.25) is 0 Å². The Hall–Kier alpha value is -5.56. The van der Waals surface area contributed by atoms with Crippen molar-refractivity contribution >= 4 is 21.8 Å². The molecule has 6 heteroatoms. The number of nitrogens with zero attached hydrogens (tertiary/aromatic N) is 5. The molecule has 0 bridgehead atoms. The molecule has 5 rings (SSSR count). The molecule has 4 aromatic carbocycles. The van der Waals surface area contributed by atoms with Crippen LogP contribution in [0.25, 0.3) is 38.6 Å². The van der Waals surface area contributed by atoms with Crippen LogP contribution in [0.4, 0.5) is 0 Å². The van der Waals surface area contributed by atoms with Crippen molar-refractivity contribution in [1.82, 2.24) is 4.57 Å². The molecule has 0 radical (unpaired) electrons. The molecule has 6 nitrogen and oxygen atoms in total. The standard InChI is InChI=1S/C29H15N5O/c1-35-23-7-9-28-26(13-23)25-12-20(24-10-18(14-30)2-4-21(24)16-32)6-8-27(25)34(28)29-11-19(15-31)3-5-22(29)17-33/h2-13H,1H3. The van der Waals surface area contributed by atoms with Crippen LogP contribution in [0.15, 0.2) is 72.8 Å². The lowest BCUT2D eigenvalue weighted by Crippen LogP contribution is -1.98. The molecular weight excluding hydrogens is 434 g/mol. The Morgan fingerprint density at radius 2 is 1.26 bits per heavy atom. The van der Waals surface area contributed by atoms with E-state index in [0.717, 1.165) is 27.4 Å². The van der Waals surface area contributed by atoms with Gasteiger partial charge in [0.2, 0.25) is 0 Å². The average Bonchev–Trinajstić information content (AvgIpc) is 3.24. The molecule has 0 fully saturated rings. The van der Waals surface area contributed by atoms with Gasteiger partial charge in [-0.25, -0.2) is 0 Å². The summed E-state index contributed by atoms with van der Waals surface area (Å²) in [6.45, 7) is 0. The van der Waals surface area contributed by atoms with Gasteiger partial charge in [-0.2, -0.15) is 21.0 Å². The summed E-state index contributed by atoms with van der Waals surface area (Å²) in [5.41, 5.74) is 5.57. The summed E-state index contributed by atoms with van der Waals surface area (Å²) in [5, 5.41) is 40.0. The van der Waals surface area contributed by atoms with Gasteiger partial charge in [0.1, 0.15) is 11.8 Å². The van der Waals surface area contributed by atoms with Crippen LogP contribution in [0, 0.1) is 45.3 Å². The fourth-order valence-electron chi connectivity index (χ4n) is 4.39. The number of nitriles is 4. The van der Waals surface area contributed by atoms with E-state index in [1.54, 1.807) is 43.5 Å². The molecular formula is C29H15N5O. The SMILES string of the molecule is COc1ccc2c(c1)c1cc(-c3cc(C#N)ccc3C#N)ccc1n2-c1cc(C#N)ccc1C#N. The summed E-state index contributed by atoms with van der Waals surface area (Å²) in [6.07, 6.45) is 0. The molecule has 0 saturated carbocycles. The van der Waals surface area contributed by atoms with Crippen molar-refractivity contribution in [1.29, 1.82) is 21.0 Å². The highest BCUT2D eigenvalue weighted by molar-refractivity contribution is 6.11. The lowest BCUT2D eigenvalue weighted by molar-refractivity contribution is 0.415. The summed E-state index contributed by atoms with van der Waals surface area (Å²) in [7, 11) is 1.60. The first-order valence-electron chi connectivity index (χ1n) is 10.6. The smallest absolute Gasteiger partial charge is 0.119 e. The molecule has 0 aliphatic rings. The number of hydrogen-bond acceptors (Lipinski definition) is 5. The van der Waals surface area contributed by atoms with Gasteiger partial charge in [-0.15, -0.1) is 0 Å². The number of ether oxygens (including phenoxy) is 1. The Morgan fingerprint density at radius 1 is 0.629 bits per heavy atom. The first-order valence-corrected chi connectivity index (χ1v) is 10.6. The monoisotopic (exact) mass is 449 g/mol. The first kappa shape index (κ1) is 21.3. The maximum atomic E-state index is 9.78. The summed E-state index contributed by atoms with van der Waals surface area (Å²) in [5.74, 6) is 0.678. The van der Waals surface area contributed by atoms with Crippen LogP contribution in [0.1, 0.15) is 22.3 Å². The van der Waals surface area contributed by atoms with E-state index in [2.05, 4.69) is 24.3 Å². The third-order valence-electron chi connectivity index (χ3n) is 6.04. The molecule has 0 amide bonds. The zero-order valence-electron chi connectivity index (χ0n) is 18.6. The molecule has 5 aromatic rings. The molecule has 35 heavy (non-hydrogen) atoms. The summed E-state index contributed by atoms with van der Waals surface area (Å²) in [4.78, 5) is 0. The van der Waals surface area contributed by atoms with Gasteiger partial charge in [-0.3, -0.25) is 0 Å². The zero-order valence-corrected chi connectivity index (χ0v) is 18.6. The van der Waals surface area contributed by atoms with Crippen molar-refractivity contribution in [2.24, 2.45) is 0 Å². The van der Waals surface area contributed by atoms with E-state index in [0.29, 0.717) is 39.3 Å². The number of fused-ring (bicyclic) bond motifs is 3. The molecule has 1 aromatic heterocycles. The predicted octanol–water partition coefficient (Wildman–Crippen LogP) is 5.95. The maximum absolute atomic E-state index is 9.78. The minimum absolute atomic E-state index is 0.441. The van der Waals surface area contributed by atoms with Crippen LogP contribution >= 0.6 is 0 Å².